The van der Waals surface area contributed by atoms with Gasteiger partial charge in [0.05, 0.1) is 10.9 Å². The summed E-state index contributed by atoms with van der Waals surface area (Å²) < 4.78 is 6.66. The van der Waals surface area contributed by atoms with E-state index < -0.39 is 28.9 Å². The van der Waals surface area contributed by atoms with Crippen LogP contribution in [0.5, 0.6) is 0 Å². The van der Waals surface area contributed by atoms with Gasteiger partial charge in [-0.3, -0.25) is 29.1 Å². The summed E-state index contributed by atoms with van der Waals surface area (Å²) in [7, 11) is 0. The number of fused-ring (bicyclic) bond motifs is 1. The SMILES string of the molecule is CCCCCCC(=O)NCc1ccc2nc(C)n(C3(C(=O)OCc4ccccc4)CCCC(=O)NC3=O)c(=O)c2c1. The Bertz CT molecular complexity index is 1500. The summed E-state index contributed by atoms with van der Waals surface area (Å²) >= 11 is 0. The first-order valence-corrected chi connectivity index (χ1v) is 14.1. The third kappa shape index (κ3) is 6.70. The number of aryl methyl sites for hydroxylation is 1. The van der Waals surface area contributed by atoms with Gasteiger partial charge in [0, 0.05) is 19.4 Å². The van der Waals surface area contributed by atoms with E-state index in [1.54, 1.807) is 49.4 Å². The van der Waals surface area contributed by atoms with Gasteiger partial charge in [0.15, 0.2) is 0 Å². The van der Waals surface area contributed by atoms with Crippen LogP contribution in [0.25, 0.3) is 10.9 Å². The molecule has 1 aliphatic heterocycles. The zero-order valence-corrected chi connectivity index (χ0v) is 23.5. The number of nitrogens with zero attached hydrogens (tertiary/aromatic N) is 2. The highest BCUT2D eigenvalue weighted by Crippen LogP contribution is 2.30. The summed E-state index contributed by atoms with van der Waals surface area (Å²) in [5.41, 5.74) is -0.960. The van der Waals surface area contributed by atoms with Gasteiger partial charge >= 0.3 is 5.97 Å². The molecule has 1 aliphatic rings. The second kappa shape index (κ2) is 13.3. The zero-order chi connectivity index (χ0) is 29.4. The standard InChI is InChI=1S/C31H36N4O6/c1-3-4-5-9-13-26(36)32-19-23-15-16-25-24(18-23)28(38)35(21(2)33-25)31(17-10-14-27(37)34-29(31)39)30(40)41-20-22-11-7-6-8-12-22/h6-8,11-12,15-16,18H,3-5,9-10,13-14,17,19-20H2,1-2H3,(H,32,36)(H,34,37,39). The molecule has 2 heterocycles. The summed E-state index contributed by atoms with van der Waals surface area (Å²) in [5.74, 6) is -2.32. The van der Waals surface area contributed by atoms with Gasteiger partial charge in [-0.15, -0.1) is 0 Å². The number of hydrogen-bond acceptors (Lipinski definition) is 7. The maximum absolute atomic E-state index is 14.0. The Morgan fingerprint density at radius 2 is 1.83 bits per heavy atom. The number of amides is 3. The number of imide groups is 1. The smallest absolute Gasteiger partial charge is 0.342 e. The van der Waals surface area contributed by atoms with Gasteiger partial charge in [-0.25, -0.2) is 9.78 Å². The number of esters is 1. The molecule has 41 heavy (non-hydrogen) atoms. The lowest BCUT2D eigenvalue weighted by Crippen LogP contribution is -2.58. The molecule has 0 saturated carbocycles. The van der Waals surface area contributed by atoms with Crippen LogP contribution in [-0.4, -0.2) is 33.2 Å². The second-order valence-electron chi connectivity index (χ2n) is 10.4. The highest BCUT2D eigenvalue weighted by atomic mass is 16.5. The van der Waals surface area contributed by atoms with Gasteiger partial charge in [0.25, 0.3) is 11.5 Å². The third-order valence-electron chi connectivity index (χ3n) is 7.35. The van der Waals surface area contributed by atoms with Crippen molar-refractivity contribution >= 4 is 34.6 Å². The van der Waals surface area contributed by atoms with Gasteiger partial charge in [0.2, 0.25) is 17.4 Å². The number of carbonyl (C=O) groups excluding carboxylic acids is 4. The monoisotopic (exact) mass is 560 g/mol. The minimum atomic E-state index is -2.12. The van der Waals surface area contributed by atoms with Crippen LogP contribution >= 0.6 is 0 Å². The number of rotatable bonds is 11. The van der Waals surface area contributed by atoms with Gasteiger partial charge < -0.3 is 10.1 Å². The number of benzene rings is 2. The van der Waals surface area contributed by atoms with Crippen molar-refractivity contribution in [2.45, 2.75) is 83.9 Å². The number of aromatic nitrogens is 2. The molecular formula is C31H36N4O6. The molecule has 3 amide bonds. The molecule has 10 nitrogen and oxygen atoms in total. The summed E-state index contributed by atoms with van der Waals surface area (Å²) in [5, 5.41) is 5.34. The van der Waals surface area contributed by atoms with E-state index in [-0.39, 0.29) is 49.5 Å². The Balaban J connectivity index is 1.69. The predicted molar refractivity (Wildman–Crippen MR) is 153 cm³/mol. The fourth-order valence-corrected chi connectivity index (χ4v) is 5.16. The van der Waals surface area contributed by atoms with E-state index in [1.807, 2.05) is 6.07 Å². The summed E-state index contributed by atoms with van der Waals surface area (Å²) in [4.78, 5) is 70.4. The molecule has 1 fully saturated rings. The highest BCUT2D eigenvalue weighted by Gasteiger charge is 2.52. The largest absolute Gasteiger partial charge is 0.459 e. The highest BCUT2D eigenvalue weighted by molar-refractivity contribution is 6.11. The molecule has 10 heteroatoms. The van der Waals surface area contributed by atoms with E-state index in [9.17, 15) is 24.0 Å². The van der Waals surface area contributed by atoms with E-state index in [0.29, 0.717) is 23.1 Å². The van der Waals surface area contributed by atoms with Crippen molar-refractivity contribution in [2.75, 3.05) is 0 Å². The van der Waals surface area contributed by atoms with Crippen molar-refractivity contribution in [1.29, 1.82) is 0 Å². The first kappa shape index (κ1) is 29.6. The van der Waals surface area contributed by atoms with E-state index in [1.165, 1.54) is 0 Å². The van der Waals surface area contributed by atoms with Crippen LogP contribution in [0, 0.1) is 6.92 Å². The van der Waals surface area contributed by atoms with Crippen LogP contribution in [0.4, 0.5) is 0 Å². The first-order chi connectivity index (χ1) is 19.8. The van der Waals surface area contributed by atoms with Gasteiger partial charge in [0.1, 0.15) is 12.4 Å². The molecule has 0 bridgehead atoms. The Hall–Kier alpha value is -4.34. The second-order valence-corrected chi connectivity index (χ2v) is 10.4. The van der Waals surface area contributed by atoms with Crippen LogP contribution in [-0.2, 0) is 42.6 Å². The molecular weight excluding hydrogens is 524 g/mol. The molecule has 3 aromatic rings. The van der Waals surface area contributed by atoms with Crippen LogP contribution in [0.15, 0.2) is 53.3 Å². The third-order valence-corrected chi connectivity index (χ3v) is 7.35. The van der Waals surface area contributed by atoms with E-state index >= 15 is 0 Å². The molecule has 4 rings (SSSR count). The average Bonchev–Trinajstić information content (AvgIpc) is 3.11. The summed E-state index contributed by atoms with van der Waals surface area (Å²) in [6.07, 6.45) is 4.53. The fraction of sp³-hybridized carbons (Fsp3) is 0.419. The molecule has 1 saturated heterocycles. The van der Waals surface area contributed by atoms with E-state index in [4.69, 9.17) is 4.74 Å². The van der Waals surface area contributed by atoms with E-state index in [2.05, 4.69) is 22.5 Å². The fourth-order valence-electron chi connectivity index (χ4n) is 5.16. The summed E-state index contributed by atoms with van der Waals surface area (Å²) in [6, 6.07) is 14.0. The quantitative estimate of drug-likeness (QED) is 0.158. The Morgan fingerprint density at radius 1 is 1.05 bits per heavy atom. The molecule has 1 aromatic heterocycles. The summed E-state index contributed by atoms with van der Waals surface area (Å²) in [6.45, 7) is 3.76. The number of ether oxygens (including phenoxy) is 1. The molecule has 2 N–H and O–H groups in total. The van der Waals surface area contributed by atoms with Crippen molar-refractivity contribution in [3.8, 4) is 0 Å². The van der Waals surface area contributed by atoms with Crippen molar-refractivity contribution in [3.63, 3.8) is 0 Å². The number of carbonyl (C=O) groups is 4. The van der Waals surface area contributed by atoms with Crippen LogP contribution in [0.2, 0.25) is 0 Å². The molecule has 0 radical (unpaired) electrons. The molecule has 1 atom stereocenters. The number of unbranched alkanes of at least 4 members (excludes halogenated alkanes) is 3. The number of hydrogen-bond donors (Lipinski definition) is 2. The van der Waals surface area contributed by atoms with E-state index in [0.717, 1.165) is 30.3 Å². The molecule has 0 spiro atoms. The van der Waals surface area contributed by atoms with Crippen LogP contribution in [0.3, 0.4) is 0 Å². The Morgan fingerprint density at radius 3 is 2.59 bits per heavy atom. The van der Waals surface area contributed by atoms with Gasteiger partial charge in [-0.1, -0.05) is 62.6 Å². The van der Waals surface area contributed by atoms with Gasteiger partial charge in [-0.05, 0) is 49.4 Å². The van der Waals surface area contributed by atoms with Crippen molar-refractivity contribution in [3.05, 3.63) is 75.8 Å². The van der Waals surface area contributed by atoms with Crippen LogP contribution < -0.4 is 16.2 Å². The van der Waals surface area contributed by atoms with Gasteiger partial charge in [-0.2, -0.15) is 0 Å². The zero-order valence-electron chi connectivity index (χ0n) is 23.5. The lowest BCUT2D eigenvalue weighted by Gasteiger charge is -2.31. The first-order valence-electron chi connectivity index (χ1n) is 14.1. The predicted octanol–water partition coefficient (Wildman–Crippen LogP) is 3.56. The van der Waals surface area contributed by atoms with Crippen molar-refractivity contribution in [1.82, 2.24) is 20.2 Å². The van der Waals surface area contributed by atoms with Crippen molar-refractivity contribution < 1.29 is 23.9 Å². The maximum Gasteiger partial charge on any atom is 0.342 e. The van der Waals surface area contributed by atoms with Crippen LogP contribution in [0.1, 0.15) is 75.2 Å². The normalized spacial score (nSPS) is 17.1. The topological polar surface area (TPSA) is 136 Å². The van der Waals surface area contributed by atoms with Crippen molar-refractivity contribution in [2.24, 2.45) is 0 Å². The average molecular weight is 561 g/mol. The maximum atomic E-state index is 14.0. The molecule has 216 valence electrons. The lowest BCUT2D eigenvalue weighted by atomic mass is 9.91. The Labute approximate surface area is 238 Å². The Kier molecular flexibility index (Phi) is 9.65. The molecule has 2 aromatic carbocycles. The minimum Gasteiger partial charge on any atom is -0.459 e. The lowest BCUT2D eigenvalue weighted by molar-refractivity contribution is -0.161. The molecule has 0 aliphatic carbocycles. The molecule has 1 unspecified atom stereocenters. The minimum absolute atomic E-state index is 0.0244. The number of nitrogens with one attached hydrogen (secondary N) is 2.